The van der Waals surface area contributed by atoms with E-state index < -0.39 is 0 Å². The minimum Gasteiger partial charge on any atom is -0.396 e. The molecule has 0 amide bonds. The van der Waals surface area contributed by atoms with Gasteiger partial charge in [-0.2, -0.15) is 0 Å². The van der Waals surface area contributed by atoms with Crippen molar-refractivity contribution >= 4 is 5.69 Å². The van der Waals surface area contributed by atoms with Gasteiger partial charge in [-0.05, 0) is 37.5 Å². The number of aliphatic hydroxyl groups excluding tert-OH is 1. The van der Waals surface area contributed by atoms with E-state index >= 15 is 0 Å². The van der Waals surface area contributed by atoms with E-state index in [9.17, 15) is 0 Å². The lowest BCUT2D eigenvalue weighted by Gasteiger charge is -2.23. The predicted molar refractivity (Wildman–Crippen MR) is 78.1 cm³/mol. The van der Waals surface area contributed by atoms with Crippen LogP contribution in [-0.4, -0.2) is 31.9 Å². The minimum absolute atomic E-state index is 0.240. The van der Waals surface area contributed by atoms with Gasteiger partial charge in [0.2, 0.25) is 0 Å². The molecule has 0 radical (unpaired) electrons. The zero-order valence-electron chi connectivity index (χ0n) is 12.0. The summed E-state index contributed by atoms with van der Waals surface area (Å²) < 4.78 is 0. The van der Waals surface area contributed by atoms with Gasteiger partial charge < -0.3 is 15.3 Å². The summed E-state index contributed by atoms with van der Waals surface area (Å²) in [5.74, 6) is 0. The normalized spacial score (nSPS) is 14.3. The van der Waals surface area contributed by atoms with Gasteiger partial charge in [-0.3, -0.25) is 0 Å². The van der Waals surface area contributed by atoms with Crippen LogP contribution >= 0.6 is 0 Å². The van der Waals surface area contributed by atoms with E-state index in [-0.39, 0.29) is 6.61 Å². The Balaban J connectivity index is 2.70. The van der Waals surface area contributed by atoms with E-state index in [1.807, 2.05) is 14.1 Å². The number of benzene rings is 1. The molecule has 3 nitrogen and oxygen atoms in total. The van der Waals surface area contributed by atoms with Crippen LogP contribution in [-0.2, 0) is 0 Å². The summed E-state index contributed by atoms with van der Waals surface area (Å²) >= 11 is 0. The van der Waals surface area contributed by atoms with Gasteiger partial charge in [-0.25, -0.2) is 0 Å². The average Bonchev–Trinajstić information content (AvgIpc) is 2.36. The highest BCUT2D eigenvalue weighted by molar-refractivity contribution is 5.46. The van der Waals surface area contributed by atoms with Crippen molar-refractivity contribution in [3.63, 3.8) is 0 Å². The molecular formula is C15H26N2O. The Labute approximate surface area is 111 Å². The largest absolute Gasteiger partial charge is 0.396 e. The molecule has 0 aliphatic carbocycles. The molecule has 0 aromatic heterocycles. The van der Waals surface area contributed by atoms with Gasteiger partial charge in [-0.1, -0.05) is 19.1 Å². The molecule has 0 spiro atoms. The van der Waals surface area contributed by atoms with Crippen molar-refractivity contribution in [1.29, 1.82) is 0 Å². The van der Waals surface area contributed by atoms with E-state index in [0.29, 0.717) is 12.1 Å². The Morgan fingerprint density at radius 3 is 2.28 bits per heavy atom. The number of hydrogen-bond acceptors (Lipinski definition) is 3. The Hall–Kier alpha value is -1.06. The first-order valence-corrected chi connectivity index (χ1v) is 6.72. The standard InChI is InChI=1S/C15H26N2O/c1-5-15(16-12(2)10-11-18)13-6-8-14(9-7-13)17(3)4/h6-9,12,15-16,18H,5,10-11H2,1-4H3/t12-,15?/m1/s1. The summed E-state index contributed by atoms with van der Waals surface area (Å²) in [6.45, 7) is 4.54. The van der Waals surface area contributed by atoms with Crippen LogP contribution in [0.4, 0.5) is 5.69 Å². The lowest BCUT2D eigenvalue weighted by Crippen LogP contribution is -2.31. The SMILES string of the molecule is CCC(N[C@H](C)CCO)c1ccc(N(C)C)cc1. The number of nitrogens with one attached hydrogen (secondary N) is 1. The number of aliphatic hydroxyl groups is 1. The quantitative estimate of drug-likeness (QED) is 0.780. The highest BCUT2D eigenvalue weighted by Gasteiger charge is 2.12. The van der Waals surface area contributed by atoms with Gasteiger partial charge in [0.05, 0.1) is 0 Å². The van der Waals surface area contributed by atoms with E-state index in [1.165, 1.54) is 11.3 Å². The van der Waals surface area contributed by atoms with Crippen LogP contribution in [0, 0.1) is 0 Å². The maximum absolute atomic E-state index is 8.94. The van der Waals surface area contributed by atoms with Gasteiger partial charge in [-0.15, -0.1) is 0 Å². The summed E-state index contributed by atoms with van der Waals surface area (Å²) in [6, 6.07) is 9.37. The van der Waals surface area contributed by atoms with Crippen LogP contribution in [0.5, 0.6) is 0 Å². The Morgan fingerprint density at radius 2 is 1.83 bits per heavy atom. The van der Waals surface area contributed by atoms with Crippen molar-refractivity contribution in [2.45, 2.75) is 38.8 Å². The van der Waals surface area contributed by atoms with Crippen molar-refractivity contribution in [3.8, 4) is 0 Å². The number of anilines is 1. The third-order valence-corrected chi connectivity index (χ3v) is 3.27. The van der Waals surface area contributed by atoms with Crippen LogP contribution in [0.2, 0.25) is 0 Å². The van der Waals surface area contributed by atoms with Crippen LogP contribution in [0.25, 0.3) is 0 Å². The van der Waals surface area contributed by atoms with Crippen molar-refractivity contribution in [2.75, 3.05) is 25.6 Å². The molecule has 0 fully saturated rings. The molecule has 0 aliphatic heterocycles. The molecule has 0 aliphatic rings. The van der Waals surface area contributed by atoms with Gasteiger partial charge in [0, 0.05) is 38.5 Å². The highest BCUT2D eigenvalue weighted by atomic mass is 16.3. The fourth-order valence-corrected chi connectivity index (χ4v) is 2.07. The van der Waals surface area contributed by atoms with Crippen molar-refractivity contribution in [2.24, 2.45) is 0 Å². The maximum atomic E-state index is 8.94. The molecule has 1 unspecified atom stereocenters. The van der Waals surface area contributed by atoms with E-state index in [0.717, 1.165) is 12.8 Å². The summed E-state index contributed by atoms with van der Waals surface area (Å²) in [5.41, 5.74) is 2.53. The third-order valence-electron chi connectivity index (χ3n) is 3.27. The third kappa shape index (κ3) is 4.31. The summed E-state index contributed by atoms with van der Waals surface area (Å²) in [6.07, 6.45) is 1.85. The summed E-state index contributed by atoms with van der Waals surface area (Å²) in [4.78, 5) is 2.10. The van der Waals surface area contributed by atoms with E-state index in [4.69, 9.17) is 5.11 Å². The smallest absolute Gasteiger partial charge is 0.0445 e. The molecule has 0 saturated carbocycles. The predicted octanol–water partition coefficient (Wildman–Crippen LogP) is 2.56. The van der Waals surface area contributed by atoms with E-state index in [1.54, 1.807) is 0 Å². The first kappa shape index (κ1) is 15.0. The summed E-state index contributed by atoms with van der Waals surface area (Å²) in [5, 5.41) is 12.5. The molecule has 2 N–H and O–H groups in total. The fraction of sp³-hybridized carbons (Fsp3) is 0.600. The molecule has 2 atom stereocenters. The molecule has 0 saturated heterocycles. The van der Waals surface area contributed by atoms with Gasteiger partial charge in [0.25, 0.3) is 0 Å². The molecule has 18 heavy (non-hydrogen) atoms. The molecule has 1 aromatic carbocycles. The Bertz CT molecular complexity index is 335. The van der Waals surface area contributed by atoms with Crippen LogP contribution in [0.3, 0.4) is 0 Å². The second-order valence-electron chi connectivity index (χ2n) is 5.03. The van der Waals surface area contributed by atoms with Crippen molar-refractivity contribution in [3.05, 3.63) is 29.8 Å². The van der Waals surface area contributed by atoms with Crippen LogP contribution in [0.15, 0.2) is 24.3 Å². The zero-order valence-corrected chi connectivity index (χ0v) is 12.0. The Morgan fingerprint density at radius 1 is 1.22 bits per heavy atom. The lowest BCUT2D eigenvalue weighted by molar-refractivity contribution is 0.262. The fourth-order valence-electron chi connectivity index (χ4n) is 2.07. The molecule has 0 bridgehead atoms. The molecule has 1 rings (SSSR count). The monoisotopic (exact) mass is 250 g/mol. The number of nitrogens with zero attached hydrogens (tertiary/aromatic N) is 1. The average molecular weight is 250 g/mol. The van der Waals surface area contributed by atoms with Crippen molar-refractivity contribution < 1.29 is 5.11 Å². The first-order valence-electron chi connectivity index (χ1n) is 6.72. The van der Waals surface area contributed by atoms with Crippen LogP contribution in [0.1, 0.15) is 38.3 Å². The molecule has 102 valence electrons. The topological polar surface area (TPSA) is 35.5 Å². The molecule has 0 heterocycles. The lowest BCUT2D eigenvalue weighted by atomic mass is 10.0. The zero-order chi connectivity index (χ0) is 13.5. The maximum Gasteiger partial charge on any atom is 0.0445 e. The highest BCUT2D eigenvalue weighted by Crippen LogP contribution is 2.21. The summed E-state index contributed by atoms with van der Waals surface area (Å²) in [7, 11) is 4.10. The Kier molecular flexibility index (Phi) is 6.16. The number of hydrogen-bond donors (Lipinski definition) is 2. The van der Waals surface area contributed by atoms with Crippen LogP contribution < -0.4 is 10.2 Å². The van der Waals surface area contributed by atoms with E-state index in [2.05, 4.69) is 48.3 Å². The molecule has 1 aromatic rings. The number of rotatable bonds is 7. The molecular weight excluding hydrogens is 224 g/mol. The second-order valence-corrected chi connectivity index (χ2v) is 5.03. The first-order chi connectivity index (χ1) is 8.58. The van der Waals surface area contributed by atoms with Gasteiger partial charge in [0.15, 0.2) is 0 Å². The van der Waals surface area contributed by atoms with Gasteiger partial charge >= 0.3 is 0 Å². The molecule has 3 heteroatoms. The van der Waals surface area contributed by atoms with Crippen molar-refractivity contribution in [1.82, 2.24) is 5.32 Å². The second kappa shape index (κ2) is 7.39. The van der Waals surface area contributed by atoms with Gasteiger partial charge in [0.1, 0.15) is 0 Å². The minimum atomic E-state index is 0.240.